The number of rotatable bonds is 5. The van der Waals surface area contributed by atoms with Crippen LogP contribution in [-0.4, -0.2) is 5.78 Å². The molecule has 0 atom stereocenters. The van der Waals surface area contributed by atoms with Crippen LogP contribution in [0.5, 0.6) is 0 Å². The van der Waals surface area contributed by atoms with Crippen LogP contribution in [0.25, 0.3) is 12.2 Å². The molecule has 0 saturated carbocycles. The standard InChI is InChI=1S/C19H17NO/c20-18(13-11-16-7-3-1-4-8-16)15-19(21)14-12-17-9-5-2-6-10-17/h1-15H,20H2/b13-11+,14-12+,18-15-. The maximum atomic E-state index is 11.8. The molecule has 0 heterocycles. The van der Waals surface area contributed by atoms with Crippen LogP contribution in [0.2, 0.25) is 0 Å². The fraction of sp³-hybridized carbons (Fsp3) is 0. The van der Waals surface area contributed by atoms with Gasteiger partial charge >= 0.3 is 0 Å². The van der Waals surface area contributed by atoms with Gasteiger partial charge in [0.1, 0.15) is 0 Å². The fourth-order valence-electron chi connectivity index (χ4n) is 1.76. The van der Waals surface area contributed by atoms with Crippen LogP contribution in [0.1, 0.15) is 11.1 Å². The third-order valence-corrected chi connectivity index (χ3v) is 2.82. The molecule has 0 amide bonds. The summed E-state index contributed by atoms with van der Waals surface area (Å²) in [5, 5.41) is 0. The molecule has 21 heavy (non-hydrogen) atoms. The van der Waals surface area contributed by atoms with E-state index in [4.69, 9.17) is 5.73 Å². The van der Waals surface area contributed by atoms with E-state index in [-0.39, 0.29) is 5.78 Å². The summed E-state index contributed by atoms with van der Waals surface area (Å²) in [6.07, 6.45) is 8.30. The van der Waals surface area contributed by atoms with Crippen molar-refractivity contribution in [3.63, 3.8) is 0 Å². The molecule has 104 valence electrons. The van der Waals surface area contributed by atoms with Crippen molar-refractivity contribution in [1.82, 2.24) is 0 Å². The van der Waals surface area contributed by atoms with Gasteiger partial charge in [-0.2, -0.15) is 0 Å². The van der Waals surface area contributed by atoms with Crippen molar-refractivity contribution in [2.45, 2.75) is 0 Å². The number of benzene rings is 2. The lowest BCUT2D eigenvalue weighted by atomic mass is 10.1. The number of carbonyl (C=O) groups is 1. The van der Waals surface area contributed by atoms with Gasteiger partial charge in [-0.25, -0.2) is 0 Å². The lowest BCUT2D eigenvalue weighted by Gasteiger charge is -1.94. The minimum atomic E-state index is -0.130. The van der Waals surface area contributed by atoms with Crippen LogP contribution >= 0.6 is 0 Å². The maximum Gasteiger partial charge on any atom is 0.180 e. The Kier molecular flexibility index (Phi) is 5.30. The largest absolute Gasteiger partial charge is 0.399 e. The predicted octanol–water partition coefficient (Wildman–Crippen LogP) is 3.82. The summed E-state index contributed by atoms with van der Waals surface area (Å²) in [6, 6.07) is 19.5. The van der Waals surface area contributed by atoms with Crippen molar-refractivity contribution >= 4 is 17.9 Å². The number of allylic oxidation sites excluding steroid dienone is 3. The molecule has 2 aromatic carbocycles. The van der Waals surface area contributed by atoms with Crippen LogP contribution in [0.3, 0.4) is 0 Å². The van der Waals surface area contributed by atoms with Crippen molar-refractivity contribution in [3.05, 3.63) is 95.7 Å². The quantitative estimate of drug-likeness (QED) is 0.665. The van der Waals surface area contributed by atoms with Crippen LogP contribution in [0.4, 0.5) is 0 Å². The van der Waals surface area contributed by atoms with Gasteiger partial charge in [-0.15, -0.1) is 0 Å². The highest BCUT2D eigenvalue weighted by molar-refractivity contribution is 6.02. The van der Waals surface area contributed by atoms with Gasteiger partial charge in [0, 0.05) is 11.8 Å². The molecule has 0 spiro atoms. The van der Waals surface area contributed by atoms with Crippen molar-refractivity contribution in [1.29, 1.82) is 0 Å². The summed E-state index contributed by atoms with van der Waals surface area (Å²) in [5.41, 5.74) is 8.27. The van der Waals surface area contributed by atoms with Gasteiger partial charge < -0.3 is 5.73 Å². The Hall–Kier alpha value is -2.87. The third-order valence-electron chi connectivity index (χ3n) is 2.82. The molecule has 0 aliphatic rings. The van der Waals surface area contributed by atoms with E-state index in [1.54, 1.807) is 12.2 Å². The average Bonchev–Trinajstić information content (AvgIpc) is 2.53. The highest BCUT2D eigenvalue weighted by atomic mass is 16.1. The molecular formula is C19H17NO. The summed E-state index contributed by atoms with van der Waals surface area (Å²) >= 11 is 0. The van der Waals surface area contributed by atoms with Crippen molar-refractivity contribution in [2.75, 3.05) is 0 Å². The first-order chi connectivity index (χ1) is 10.2. The van der Waals surface area contributed by atoms with Crippen molar-refractivity contribution in [2.24, 2.45) is 5.73 Å². The SMILES string of the molecule is NC(=C\C(=O)/C=C/c1ccccc1)/C=C/c1ccccc1. The zero-order valence-corrected chi connectivity index (χ0v) is 11.6. The molecule has 2 N–H and O–H groups in total. The van der Waals surface area contributed by atoms with E-state index in [0.717, 1.165) is 11.1 Å². The molecular weight excluding hydrogens is 258 g/mol. The number of ketones is 1. The molecule has 0 fully saturated rings. The lowest BCUT2D eigenvalue weighted by Crippen LogP contribution is -1.97. The molecule has 0 aliphatic heterocycles. The molecule has 2 nitrogen and oxygen atoms in total. The molecule has 0 radical (unpaired) electrons. The molecule has 0 aromatic heterocycles. The second kappa shape index (κ2) is 7.65. The Morgan fingerprint density at radius 1 is 0.762 bits per heavy atom. The Morgan fingerprint density at radius 2 is 1.24 bits per heavy atom. The van der Waals surface area contributed by atoms with Crippen LogP contribution in [0, 0.1) is 0 Å². The summed E-state index contributed by atoms with van der Waals surface area (Å²) in [7, 11) is 0. The van der Waals surface area contributed by atoms with E-state index in [2.05, 4.69) is 0 Å². The van der Waals surface area contributed by atoms with E-state index in [0.29, 0.717) is 5.70 Å². The zero-order chi connectivity index (χ0) is 14.9. The summed E-state index contributed by atoms with van der Waals surface area (Å²) in [4.78, 5) is 11.8. The highest BCUT2D eigenvalue weighted by Crippen LogP contribution is 2.04. The van der Waals surface area contributed by atoms with Crippen LogP contribution in [-0.2, 0) is 4.79 Å². The van der Waals surface area contributed by atoms with E-state index in [1.807, 2.05) is 66.7 Å². The molecule has 0 bridgehead atoms. The van der Waals surface area contributed by atoms with E-state index in [1.165, 1.54) is 12.2 Å². The second-order valence-corrected chi connectivity index (χ2v) is 4.53. The van der Waals surface area contributed by atoms with Crippen LogP contribution in [0.15, 0.2) is 84.6 Å². The van der Waals surface area contributed by atoms with Crippen molar-refractivity contribution < 1.29 is 4.79 Å². The molecule has 2 rings (SSSR count). The summed E-state index contributed by atoms with van der Waals surface area (Å²) in [5.74, 6) is -0.130. The number of hydrogen-bond acceptors (Lipinski definition) is 2. The van der Waals surface area contributed by atoms with E-state index < -0.39 is 0 Å². The van der Waals surface area contributed by atoms with E-state index >= 15 is 0 Å². The second-order valence-electron chi connectivity index (χ2n) is 4.53. The molecule has 0 aliphatic carbocycles. The van der Waals surface area contributed by atoms with Gasteiger partial charge in [0.25, 0.3) is 0 Å². The monoisotopic (exact) mass is 275 g/mol. The summed E-state index contributed by atoms with van der Waals surface area (Å²) < 4.78 is 0. The first-order valence-corrected chi connectivity index (χ1v) is 6.71. The normalized spacial score (nSPS) is 12.1. The van der Waals surface area contributed by atoms with Gasteiger partial charge in [0.05, 0.1) is 0 Å². The number of hydrogen-bond donors (Lipinski definition) is 1. The number of nitrogens with two attached hydrogens (primary N) is 1. The Bertz CT molecular complexity index is 667. The molecule has 2 aromatic rings. The Balaban J connectivity index is 1.97. The zero-order valence-electron chi connectivity index (χ0n) is 11.6. The smallest absolute Gasteiger partial charge is 0.180 e. The minimum Gasteiger partial charge on any atom is -0.399 e. The minimum absolute atomic E-state index is 0.130. The first-order valence-electron chi connectivity index (χ1n) is 6.71. The molecule has 0 saturated heterocycles. The van der Waals surface area contributed by atoms with Gasteiger partial charge in [0.15, 0.2) is 5.78 Å². The van der Waals surface area contributed by atoms with Gasteiger partial charge in [0.2, 0.25) is 0 Å². The molecule has 0 unspecified atom stereocenters. The summed E-state index contributed by atoms with van der Waals surface area (Å²) in [6.45, 7) is 0. The number of carbonyl (C=O) groups excluding carboxylic acids is 1. The highest BCUT2D eigenvalue weighted by Gasteiger charge is 1.93. The Morgan fingerprint density at radius 3 is 1.76 bits per heavy atom. The lowest BCUT2D eigenvalue weighted by molar-refractivity contribution is -0.110. The van der Waals surface area contributed by atoms with Crippen LogP contribution < -0.4 is 5.73 Å². The topological polar surface area (TPSA) is 43.1 Å². The molecule has 2 heteroatoms. The predicted molar refractivity (Wildman–Crippen MR) is 88.2 cm³/mol. The maximum absolute atomic E-state index is 11.8. The van der Waals surface area contributed by atoms with Gasteiger partial charge in [-0.3, -0.25) is 4.79 Å². The van der Waals surface area contributed by atoms with Gasteiger partial charge in [-0.05, 0) is 23.3 Å². The first kappa shape index (κ1) is 14.5. The average molecular weight is 275 g/mol. The van der Waals surface area contributed by atoms with Gasteiger partial charge in [-0.1, -0.05) is 72.8 Å². The third kappa shape index (κ3) is 5.33. The fourth-order valence-corrected chi connectivity index (χ4v) is 1.76. The van der Waals surface area contributed by atoms with Crippen molar-refractivity contribution in [3.8, 4) is 0 Å². The Labute approximate surface area is 124 Å². The van der Waals surface area contributed by atoms with E-state index in [9.17, 15) is 4.79 Å².